The minimum Gasteiger partial charge on any atom is -0.383 e. The number of aliphatic hydroxyl groups is 1. The van der Waals surface area contributed by atoms with Gasteiger partial charge in [-0.2, -0.15) is 22.0 Å². The van der Waals surface area contributed by atoms with Gasteiger partial charge in [-0.1, -0.05) is 55.0 Å². The molecule has 0 amide bonds. The number of halogens is 5. The Bertz CT molecular complexity index is 1400. The zero-order chi connectivity index (χ0) is 29.2. The molecule has 2 nitrogen and oxygen atoms in total. The van der Waals surface area contributed by atoms with E-state index in [2.05, 4.69) is 36.4 Å². The highest BCUT2D eigenvalue weighted by atomic mass is 32.2. The van der Waals surface area contributed by atoms with Crippen molar-refractivity contribution >= 4 is 17.5 Å². The molecule has 2 fully saturated rings. The minimum absolute atomic E-state index is 0.0519. The van der Waals surface area contributed by atoms with Crippen LogP contribution in [0.2, 0.25) is 0 Å². The molecule has 4 aliphatic carbocycles. The molecule has 2 aromatic carbocycles. The number of hydrogen-bond donors (Lipinski definition) is 1. The Morgan fingerprint density at radius 3 is 2.34 bits per heavy atom. The van der Waals surface area contributed by atoms with E-state index < -0.39 is 35.5 Å². The van der Waals surface area contributed by atoms with Gasteiger partial charge < -0.3 is 5.11 Å². The summed E-state index contributed by atoms with van der Waals surface area (Å²) in [6, 6.07) is 18.4. The van der Waals surface area contributed by atoms with Crippen LogP contribution in [0.15, 0.2) is 82.3 Å². The Hall–Kier alpha value is -2.45. The van der Waals surface area contributed by atoms with Crippen molar-refractivity contribution in [3.05, 3.63) is 88.5 Å². The standard InChI is InChI=1S/C33H33F5O2S/c1-30-15-13-26-25(28(30)14-16-31(30,40)32(34,35)33(36,37)38)12-9-22-17-23(39)18-27(29(22)26)21-7-10-24(11-8-21)41-19-20-5-3-2-4-6-20/h2-8,10-11,17,25,27-28,40H,9,12-16,18-19H2,1H3/t25-,27?,28+,30+,31?/m1/s1. The zero-order valence-corrected chi connectivity index (χ0v) is 23.6. The van der Waals surface area contributed by atoms with Gasteiger partial charge in [-0.3, -0.25) is 4.79 Å². The molecule has 0 aromatic heterocycles. The fraction of sp³-hybridized carbons (Fsp3) is 0.485. The first kappa shape index (κ1) is 28.7. The summed E-state index contributed by atoms with van der Waals surface area (Å²) in [5.74, 6) is -5.13. The van der Waals surface area contributed by atoms with Crippen molar-refractivity contribution in [2.75, 3.05) is 0 Å². The summed E-state index contributed by atoms with van der Waals surface area (Å²) in [5, 5.41) is 11.1. The second-order valence-electron chi connectivity index (χ2n) is 12.3. The number of hydrogen-bond acceptors (Lipinski definition) is 3. The largest absolute Gasteiger partial charge is 0.456 e. The second-order valence-corrected chi connectivity index (χ2v) is 13.4. The Labute approximate surface area is 241 Å². The SMILES string of the molecule is C[C@]12CCC3=C4C(=CC(=O)CC4c4ccc(SCc5ccccc5)cc4)CC[C@H]3[C@@H]1CCC2(O)C(F)(F)C(F)(F)F. The maximum Gasteiger partial charge on any atom is 0.456 e. The van der Waals surface area contributed by atoms with E-state index in [1.165, 1.54) is 12.5 Å². The molecule has 2 unspecified atom stereocenters. The number of alkyl halides is 5. The predicted molar refractivity (Wildman–Crippen MR) is 149 cm³/mol. The lowest BCUT2D eigenvalue weighted by molar-refractivity contribution is -0.362. The highest BCUT2D eigenvalue weighted by molar-refractivity contribution is 7.98. The summed E-state index contributed by atoms with van der Waals surface area (Å²) < 4.78 is 70.1. The molecule has 41 heavy (non-hydrogen) atoms. The highest BCUT2D eigenvalue weighted by Gasteiger charge is 2.78. The fourth-order valence-electron chi connectivity index (χ4n) is 8.22. The first-order chi connectivity index (χ1) is 19.4. The first-order valence-electron chi connectivity index (χ1n) is 14.3. The molecule has 4 aliphatic rings. The Morgan fingerprint density at radius 1 is 0.951 bits per heavy atom. The van der Waals surface area contributed by atoms with Crippen LogP contribution in [0.5, 0.6) is 0 Å². The van der Waals surface area contributed by atoms with Crippen molar-refractivity contribution in [3.8, 4) is 0 Å². The lowest BCUT2D eigenvalue weighted by Gasteiger charge is -2.53. The van der Waals surface area contributed by atoms with E-state index in [1.54, 1.807) is 17.8 Å². The van der Waals surface area contributed by atoms with E-state index in [0.29, 0.717) is 25.7 Å². The maximum atomic E-state index is 14.8. The number of ketones is 1. The number of carbonyl (C=O) groups is 1. The van der Waals surface area contributed by atoms with Gasteiger partial charge in [-0.15, -0.1) is 11.8 Å². The zero-order valence-electron chi connectivity index (χ0n) is 22.8. The molecule has 1 N–H and O–H groups in total. The van der Waals surface area contributed by atoms with Gasteiger partial charge in [0.1, 0.15) is 5.60 Å². The third-order valence-electron chi connectivity index (χ3n) is 10.3. The maximum absolute atomic E-state index is 14.8. The summed E-state index contributed by atoms with van der Waals surface area (Å²) in [5.41, 5.74) is 0.679. The van der Waals surface area contributed by atoms with Gasteiger partial charge in [-0.05, 0) is 90.8 Å². The van der Waals surface area contributed by atoms with Crippen LogP contribution in [0.1, 0.15) is 68.9 Å². The van der Waals surface area contributed by atoms with Crippen molar-refractivity contribution in [1.82, 2.24) is 0 Å². The van der Waals surface area contributed by atoms with Crippen LogP contribution < -0.4 is 0 Å². The molecule has 2 saturated carbocycles. The molecule has 6 rings (SSSR count). The number of thioether (sulfide) groups is 1. The van der Waals surface area contributed by atoms with Crippen LogP contribution in [0, 0.1) is 17.3 Å². The molecule has 0 aliphatic heterocycles. The number of benzene rings is 2. The average Bonchev–Trinajstić information content (AvgIpc) is 3.23. The van der Waals surface area contributed by atoms with Crippen molar-refractivity contribution in [1.29, 1.82) is 0 Å². The molecule has 0 saturated heterocycles. The molecule has 8 heteroatoms. The molecule has 0 spiro atoms. The van der Waals surface area contributed by atoms with Crippen LogP contribution in [0.25, 0.3) is 0 Å². The van der Waals surface area contributed by atoms with Crippen LogP contribution in [0.4, 0.5) is 22.0 Å². The van der Waals surface area contributed by atoms with E-state index in [-0.39, 0.29) is 30.5 Å². The highest BCUT2D eigenvalue weighted by Crippen LogP contribution is 2.68. The fourth-order valence-corrected chi connectivity index (χ4v) is 9.08. The van der Waals surface area contributed by atoms with Crippen molar-refractivity contribution in [2.45, 2.75) is 86.1 Å². The molecule has 0 bridgehead atoms. The minimum atomic E-state index is -5.82. The topological polar surface area (TPSA) is 37.3 Å². The number of fused-ring (bicyclic) bond motifs is 4. The third-order valence-corrected chi connectivity index (χ3v) is 11.4. The monoisotopic (exact) mass is 588 g/mol. The molecule has 218 valence electrons. The summed E-state index contributed by atoms with van der Waals surface area (Å²) in [4.78, 5) is 13.9. The average molecular weight is 589 g/mol. The Kier molecular flexibility index (Phi) is 7.04. The first-order valence-corrected chi connectivity index (χ1v) is 15.2. The Morgan fingerprint density at radius 2 is 1.66 bits per heavy atom. The van der Waals surface area contributed by atoms with Crippen LogP contribution in [-0.4, -0.2) is 28.6 Å². The van der Waals surface area contributed by atoms with Crippen LogP contribution >= 0.6 is 11.8 Å². The van der Waals surface area contributed by atoms with Crippen molar-refractivity contribution < 1.29 is 31.9 Å². The molecule has 0 heterocycles. The van der Waals surface area contributed by atoms with Crippen LogP contribution in [-0.2, 0) is 10.5 Å². The van der Waals surface area contributed by atoms with E-state index >= 15 is 0 Å². The van der Waals surface area contributed by atoms with Gasteiger partial charge in [0.15, 0.2) is 5.78 Å². The summed E-state index contributed by atoms with van der Waals surface area (Å²) in [6.45, 7) is 1.44. The van der Waals surface area contributed by atoms with Crippen molar-refractivity contribution in [3.63, 3.8) is 0 Å². The number of allylic oxidation sites excluding steroid dienone is 4. The third kappa shape index (κ3) is 4.51. The van der Waals surface area contributed by atoms with Gasteiger partial charge in [0.2, 0.25) is 0 Å². The molecule has 2 aromatic rings. The van der Waals surface area contributed by atoms with Gasteiger partial charge in [0, 0.05) is 28.4 Å². The van der Waals surface area contributed by atoms with Crippen LogP contribution in [0.3, 0.4) is 0 Å². The van der Waals surface area contributed by atoms with E-state index in [1.807, 2.05) is 18.2 Å². The smallest absolute Gasteiger partial charge is 0.383 e. The lowest BCUT2D eigenvalue weighted by atomic mass is 9.53. The summed E-state index contributed by atoms with van der Waals surface area (Å²) >= 11 is 1.73. The van der Waals surface area contributed by atoms with Gasteiger partial charge in [0.05, 0.1) is 0 Å². The van der Waals surface area contributed by atoms with E-state index in [4.69, 9.17) is 0 Å². The molecule has 0 radical (unpaired) electrons. The predicted octanol–water partition coefficient (Wildman–Crippen LogP) is 8.81. The van der Waals surface area contributed by atoms with Crippen molar-refractivity contribution in [2.24, 2.45) is 17.3 Å². The van der Waals surface area contributed by atoms with Gasteiger partial charge >= 0.3 is 12.1 Å². The molecular formula is C33H33F5O2S. The Balaban J connectivity index is 1.31. The van der Waals surface area contributed by atoms with Gasteiger partial charge in [-0.25, -0.2) is 0 Å². The molecule has 5 atom stereocenters. The second kappa shape index (κ2) is 10.1. The van der Waals surface area contributed by atoms with E-state index in [0.717, 1.165) is 32.9 Å². The number of rotatable bonds is 5. The van der Waals surface area contributed by atoms with Gasteiger partial charge in [0.25, 0.3) is 0 Å². The van der Waals surface area contributed by atoms with E-state index in [9.17, 15) is 31.9 Å². The normalized spacial score (nSPS) is 31.8. The molecular weight excluding hydrogens is 555 g/mol. The summed E-state index contributed by atoms with van der Waals surface area (Å²) in [6.07, 6.45) is -2.69. The lowest BCUT2D eigenvalue weighted by Crippen LogP contribution is -2.64. The quantitative estimate of drug-likeness (QED) is 0.280. The summed E-state index contributed by atoms with van der Waals surface area (Å²) in [7, 11) is 0. The number of carbonyl (C=O) groups excluding carboxylic acids is 1.